The summed E-state index contributed by atoms with van der Waals surface area (Å²) < 4.78 is 0. The van der Waals surface area contributed by atoms with Gasteiger partial charge in [0, 0.05) is 13.1 Å². The molecule has 1 amide bonds. The van der Waals surface area contributed by atoms with E-state index in [-0.39, 0.29) is 17.2 Å². The number of hydrogen-bond acceptors (Lipinski definition) is 3. The number of carbonyl (C=O) groups excluding carboxylic acids is 1. The van der Waals surface area contributed by atoms with Crippen LogP contribution in [0.2, 0.25) is 0 Å². The lowest BCUT2D eigenvalue weighted by atomic mass is 9.74. The van der Waals surface area contributed by atoms with Crippen LogP contribution in [0.1, 0.15) is 39.5 Å². The summed E-state index contributed by atoms with van der Waals surface area (Å²) in [5.41, 5.74) is -0.257. The van der Waals surface area contributed by atoms with Crippen molar-refractivity contribution in [3.63, 3.8) is 0 Å². The van der Waals surface area contributed by atoms with Crippen LogP contribution in [0, 0.1) is 17.3 Å². The highest BCUT2D eigenvalue weighted by Gasteiger charge is 2.45. The number of carboxylic acids is 1. The van der Waals surface area contributed by atoms with Crippen molar-refractivity contribution in [1.82, 2.24) is 10.2 Å². The van der Waals surface area contributed by atoms with Gasteiger partial charge in [-0.25, -0.2) is 0 Å². The number of hydrogen-bond donors (Lipinski definition) is 2. The minimum absolute atomic E-state index is 0.0526. The fourth-order valence-corrected chi connectivity index (χ4v) is 3.74. The van der Waals surface area contributed by atoms with Gasteiger partial charge in [-0.2, -0.15) is 0 Å². The molecule has 0 radical (unpaired) electrons. The fourth-order valence-electron chi connectivity index (χ4n) is 3.74. The number of piperidine rings is 1. The average molecular weight is 282 g/mol. The number of rotatable bonds is 4. The van der Waals surface area contributed by atoms with Crippen LogP contribution < -0.4 is 5.32 Å². The summed E-state index contributed by atoms with van der Waals surface area (Å²) in [6.45, 7) is 6.79. The second-order valence-electron chi connectivity index (χ2n) is 6.41. The van der Waals surface area contributed by atoms with Crippen molar-refractivity contribution in [3.05, 3.63) is 0 Å². The van der Waals surface area contributed by atoms with Gasteiger partial charge in [0.05, 0.1) is 11.3 Å². The molecular formula is C15H26N2O3. The Balaban J connectivity index is 2.10. The van der Waals surface area contributed by atoms with Gasteiger partial charge in [0.15, 0.2) is 0 Å². The third-order valence-electron chi connectivity index (χ3n) is 4.96. The molecule has 20 heavy (non-hydrogen) atoms. The van der Waals surface area contributed by atoms with E-state index in [2.05, 4.69) is 12.2 Å². The number of nitrogens with zero attached hydrogens (tertiary/aromatic N) is 1. The first-order valence-electron chi connectivity index (χ1n) is 7.73. The van der Waals surface area contributed by atoms with E-state index in [4.69, 9.17) is 0 Å². The van der Waals surface area contributed by atoms with Gasteiger partial charge in [0.1, 0.15) is 0 Å². The molecule has 2 heterocycles. The zero-order valence-corrected chi connectivity index (χ0v) is 12.5. The highest BCUT2D eigenvalue weighted by Crippen LogP contribution is 2.38. The molecule has 2 N–H and O–H groups in total. The van der Waals surface area contributed by atoms with E-state index >= 15 is 0 Å². The maximum atomic E-state index is 12.9. The Kier molecular flexibility index (Phi) is 4.68. The Morgan fingerprint density at radius 1 is 1.30 bits per heavy atom. The van der Waals surface area contributed by atoms with Crippen molar-refractivity contribution in [2.45, 2.75) is 39.5 Å². The van der Waals surface area contributed by atoms with Crippen molar-refractivity contribution in [2.24, 2.45) is 17.3 Å². The van der Waals surface area contributed by atoms with E-state index in [0.29, 0.717) is 13.1 Å². The summed E-state index contributed by atoms with van der Waals surface area (Å²) in [6, 6.07) is 0. The predicted octanol–water partition coefficient (Wildman–Crippen LogP) is 1.34. The second-order valence-corrected chi connectivity index (χ2v) is 6.41. The molecule has 5 heteroatoms. The molecule has 0 aromatic rings. The number of nitrogens with one attached hydrogen (secondary N) is 1. The van der Waals surface area contributed by atoms with Gasteiger partial charge in [-0.15, -0.1) is 0 Å². The van der Waals surface area contributed by atoms with Crippen LogP contribution in [-0.4, -0.2) is 48.1 Å². The van der Waals surface area contributed by atoms with Crippen LogP contribution in [0.3, 0.4) is 0 Å². The summed E-state index contributed by atoms with van der Waals surface area (Å²) in [5, 5.41) is 12.5. The summed E-state index contributed by atoms with van der Waals surface area (Å²) in [7, 11) is 0. The average Bonchev–Trinajstić information content (AvgIpc) is 2.81. The Morgan fingerprint density at radius 2 is 1.95 bits per heavy atom. The standard InChI is InChI=1S/C15H26N2O3/c1-3-4-15(5-7-16-8-6-15)14(20)17-9-11(2)12(10-17)13(18)19/h11-12,16H,3-10H2,1-2H3,(H,18,19). The summed E-state index contributed by atoms with van der Waals surface area (Å²) >= 11 is 0. The van der Waals surface area contributed by atoms with Gasteiger partial charge in [-0.3, -0.25) is 9.59 Å². The zero-order chi connectivity index (χ0) is 14.8. The number of likely N-dealkylation sites (tertiary alicyclic amines) is 1. The molecule has 2 atom stereocenters. The number of aliphatic carboxylic acids is 1. The van der Waals surface area contributed by atoms with Crippen LogP contribution in [0.25, 0.3) is 0 Å². The zero-order valence-electron chi connectivity index (χ0n) is 12.5. The molecule has 0 aliphatic carbocycles. The molecule has 2 aliphatic rings. The lowest BCUT2D eigenvalue weighted by Gasteiger charge is -2.39. The van der Waals surface area contributed by atoms with Gasteiger partial charge >= 0.3 is 5.97 Å². The monoisotopic (exact) mass is 282 g/mol. The summed E-state index contributed by atoms with van der Waals surface area (Å²) in [4.78, 5) is 26.0. The number of amides is 1. The third kappa shape index (κ3) is 2.82. The molecule has 0 spiro atoms. The predicted molar refractivity (Wildman–Crippen MR) is 76.3 cm³/mol. The van der Waals surface area contributed by atoms with E-state index in [1.165, 1.54) is 0 Å². The lowest BCUT2D eigenvalue weighted by molar-refractivity contribution is -0.145. The normalized spacial score (nSPS) is 29.4. The van der Waals surface area contributed by atoms with Crippen LogP contribution in [0.15, 0.2) is 0 Å². The van der Waals surface area contributed by atoms with E-state index in [1.54, 1.807) is 0 Å². The highest BCUT2D eigenvalue weighted by atomic mass is 16.4. The van der Waals surface area contributed by atoms with Crippen molar-refractivity contribution in [1.29, 1.82) is 0 Å². The van der Waals surface area contributed by atoms with Crippen molar-refractivity contribution < 1.29 is 14.7 Å². The Labute approximate surface area is 120 Å². The molecule has 2 aliphatic heterocycles. The maximum absolute atomic E-state index is 12.9. The van der Waals surface area contributed by atoms with Crippen LogP contribution >= 0.6 is 0 Å². The molecule has 114 valence electrons. The fraction of sp³-hybridized carbons (Fsp3) is 0.867. The third-order valence-corrected chi connectivity index (χ3v) is 4.96. The first kappa shape index (κ1) is 15.3. The van der Waals surface area contributed by atoms with Crippen molar-refractivity contribution in [2.75, 3.05) is 26.2 Å². The Bertz CT molecular complexity index is 372. The van der Waals surface area contributed by atoms with E-state index in [9.17, 15) is 14.7 Å². The Hall–Kier alpha value is -1.10. The smallest absolute Gasteiger partial charge is 0.308 e. The molecule has 2 unspecified atom stereocenters. The summed E-state index contributed by atoms with van der Waals surface area (Å²) in [5.74, 6) is -0.935. The molecule has 0 saturated carbocycles. The first-order chi connectivity index (χ1) is 9.50. The lowest BCUT2D eigenvalue weighted by Crippen LogP contribution is -2.48. The van der Waals surface area contributed by atoms with Gasteiger partial charge in [-0.05, 0) is 38.3 Å². The van der Waals surface area contributed by atoms with Gasteiger partial charge < -0.3 is 15.3 Å². The van der Waals surface area contributed by atoms with Crippen molar-refractivity contribution >= 4 is 11.9 Å². The maximum Gasteiger partial charge on any atom is 0.308 e. The molecule has 2 saturated heterocycles. The topological polar surface area (TPSA) is 69.6 Å². The van der Waals surface area contributed by atoms with Gasteiger partial charge in [0.25, 0.3) is 0 Å². The summed E-state index contributed by atoms with van der Waals surface area (Å²) in [6.07, 6.45) is 3.66. The van der Waals surface area contributed by atoms with E-state index in [0.717, 1.165) is 38.8 Å². The van der Waals surface area contributed by atoms with Crippen LogP contribution in [0.4, 0.5) is 0 Å². The molecule has 2 rings (SSSR count). The molecular weight excluding hydrogens is 256 g/mol. The minimum Gasteiger partial charge on any atom is -0.481 e. The number of carbonyl (C=O) groups is 2. The van der Waals surface area contributed by atoms with E-state index in [1.807, 2.05) is 11.8 Å². The number of carboxylic acid groups (broad SMARTS) is 1. The molecule has 0 aromatic heterocycles. The quantitative estimate of drug-likeness (QED) is 0.816. The molecule has 0 bridgehead atoms. The van der Waals surface area contributed by atoms with Gasteiger partial charge in [0.2, 0.25) is 5.91 Å². The SMILES string of the molecule is CCCC1(C(=O)N2CC(C)C(C(=O)O)C2)CCNCC1. The Morgan fingerprint density at radius 3 is 2.45 bits per heavy atom. The first-order valence-corrected chi connectivity index (χ1v) is 7.73. The van der Waals surface area contributed by atoms with Gasteiger partial charge in [-0.1, -0.05) is 20.3 Å². The van der Waals surface area contributed by atoms with E-state index < -0.39 is 11.9 Å². The minimum atomic E-state index is -0.775. The van der Waals surface area contributed by atoms with Crippen molar-refractivity contribution in [3.8, 4) is 0 Å². The largest absolute Gasteiger partial charge is 0.481 e. The molecule has 5 nitrogen and oxygen atoms in total. The van der Waals surface area contributed by atoms with Crippen LogP contribution in [0.5, 0.6) is 0 Å². The van der Waals surface area contributed by atoms with Crippen LogP contribution in [-0.2, 0) is 9.59 Å². The second kappa shape index (κ2) is 6.12. The molecule has 0 aromatic carbocycles. The molecule has 2 fully saturated rings. The highest BCUT2D eigenvalue weighted by molar-refractivity contribution is 5.84.